The molecule has 0 radical (unpaired) electrons. The first kappa shape index (κ1) is 19.9. The van der Waals surface area contributed by atoms with Crippen molar-refractivity contribution in [2.75, 3.05) is 19.8 Å². The van der Waals surface area contributed by atoms with Crippen molar-refractivity contribution in [3.05, 3.63) is 12.2 Å². The molecule has 0 aromatic carbocycles. The average Bonchev–Trinajstić information content (AvgIpc) is 3.31. The largest absolute Gasteiger partial charge is 0.355 e. The van der Waals surface area contributed by atoms with Crippen molar-refractivity contribution in [1.82, 2.24) is 5.32 Å². The van der Waals surface area contributed by atoms with E-state index in [2.05, 4.69) is 25.7 Å². The SMILES string of the molecule is C=C1CC2C3CCC(=O)C3(C)CCC2C2(C)CCC(=NCOC3CCNC3)CC12. The fourth-order valence-corrected chi connectivity index (χ4v) is 7.97. The predicted molar refractivity (Wildman–Crippen MR) is 116 cm³/mol. The second-order valence-electron chi connectivity index (χ2n) is 11.1. The Hall–Kier alpha value is -1.00. The van der Waals surface area contributed by atoms with Gasteiger partial charge in [-0.15, -0.1) is 0 Å². The zero-order chi connectivity index (χ0) is 20.2. The molecule has 29 heavy (non-hydrogen) atoms. The summed E-state index contributed by atoms with van der Waals surface area (Å²) < 4.78 is 5.94. The van der Waals surface area contributed by atoms with Crippen LogP contribution in [0.15, 0.2) is 17.1 Å². The van der Waals surface area contributed by atoms with Crippen LogP contribution in [0.4, 0.5) is 0 Å². The Morgan fingerprint density at radius 3 is 2.79 bits per heavy atom. The topological polar surface area (TPSA) is 50.7 Å². The summed E-state index contributed by atoms with van der Waals surface area (Å²) in [6, 6.07) is 0. The maximum Gasteiger partial charge on any atom is 0.139 e. The van der Waals surface area contributed by atoms with E-state index in [4.69, 9.17) is 9.73 Å². The summed E-state index contributed by atoms with van der Waals surface area (Å²) >= 11 is 0. The summed E-state index contributed by atoms with van der Waals surface area (Å²) in [7, 11) is 0. The molecule has 0 spiro atoms. The van der Waals surface area contributed by atoms with Crippen LogP contribution < -0.4 is 5.32 Å². The van der Waals surface area contributed by atoms with E-state index in [0.29, 0.717) is 41.8 Å². The standard InChI is InChI=1S/C25H38N2O2/c1-16-12-19-20-4-5-23(28)25(20,3)10-7-21(19)24(2)9-6-17(13-22(16)24)27-15-29-18-8-11-26-14-18/h18-22,26H,1,4-15H2,2-3H3. The molecule has 4 nitrogen and oxygen atoms in total. The van der Waals surface area contributed by atoms with Gasteiger partial charge < -0.3 is 10.1 Å². The van der Waals surface area contributed by atoms with Gasteiger partial charge in [-0.05, 0) is 87.0 Å². The molecule has 5 fully saturated rings. The van der Waals surface area contributed by atoms with Gasteiger partial charge in [-0.25, -0.2) is 0 Å². The van der Waals surface area contributed by atoms with E-state index in [0.717, 1.165) is 64.0 Å². The zero-order valence-corrected chi connectivity index (χ0v) is 18.3. The number of nitrogens with one attached hydrogen (secondary N) is 1. The van der Waals surface area contributed by atoms with Gasteiger partial charge in [0.1, 0.15) is 12.5 Å². The molecule has 5 rings (SSSR count). The minimum Gasteiger partial charge on any atom is -0.355 e. The molecule has 1 saturated heterocycles. The molecule has 0 aromatic heterocycles. The molecule has 4 aliphatic carbocycles. The molecule has 0 aromatic rings. The van der Waals surface area contributed by atoms with E-state index < -0.39 is 0 Å². The number of nitrogens with zero attached hydrogens (tertiary/aromatic N) is 1. The molecule has 0 amide bonds. The van der Waals surface area contributed by atoms with E-state index in [-0.39, 0.29) is 5.41 Å². The molecule has 1 heterocycles. The fraction of sp³-hybridized carbons (Fsp3) is 0.840. The Balaban J connectivity index is 1.30. The van der Waals surface area contributed by atoms with Crippen molar-refractivity contribution in [2.45, 2.75) is 77.7 Å². The van der Waals surface area contributed by atoms with E-state index in [1.807, 2.05) is 0 Å². The molecular weight excluding hydrogens is 360 g/mol. The number of hydrogen-bond donors (Lipinski definition) is 1. The molecule has 4 heteroatoms. The lowest BCUT2D eigenvalue weighted by Crippen LogP contribution is -2.54. The average molecular weight is 399 g/mol. The van der Waals surface area contributed by atoms with Crippen molar-refractivity contribution < 1.29 is 9.53 Å². The fourth-order valence-electron chi connectivity index (χ4n) is 7.97. The highest BCUT2D eigenvalue weighted by molar-refractivity contribution is 5.87. The van der Waals surface area contributed by atoms with E-state index in [1.165, 1.54) is 24.1 Å². The van der Waals surface area contributed by atoms with E-state index >= 15 is 0 Å². The Bertz CT molecular complexity index is 724. The van der Waals surface area contributed by atoms with Crippen LogP contribution in [-0.2, 0) is 9.53 Å². The van der Waals surface area contributed by atoms with Crippen LogP contribution >= 0.6 is 0 Å². The molecular formula is C25H38N2O2. The second-order valence-corrected chi connectivity index (χ2v) is 11.1. The molecule has 4 saturated carbocycles. The zero-order valence-electron chi connectivity index (χ0n) is 18.3. The number of carbonyl (C=O) groups is 1. The van der Waals surface area contributed by atoms with Gasteiger partial charge in [0.25, 0.3) is 0 Å². The third-order valence-corrected chi connectivity index (χ3v) is 9.79. The van der Waals surface area contributed by atoms with Crippen LogP contribution in [0.1, 0.15) is 71.6 Å². The molecule has 160 valence electrons. The van der Waals surface area contributed by atoms with Gasteiger partial charge in [-0.3, -0.25) is 9.79 Å². The highest BCUT2D eigenvalue weighted by Gasteiger charge is 2.60. The van der Waals surface area contributed by atoms with Crippen LogP contribution in [-0.4, -0.2) is 37.4 Å². The maximum atomic E-state index is 12.6. The van der Waals surface area contributed by atoms with Crippen molar-refractivity contribution >= 4 is 11.5 Å². The summed E-state index contributed by atoms with van der Waals surface area (Å²) in [6.45, 7) is 11.9. The predicted octanol–water partition coefficient (Wildman–Crippen LogP) is 4.54. The number of fused-ring (bicyclic) bond motifs is 5. The third-order valence-electron chi connectivity index (χ3n) is 9.79. The van der Waals surface area contributed by atoms with Gasteiger partial charge in [-0.1, -0.05) is 26.0 Å². The van der Waals surface area contributed by atoms with E-state index in [1.54, 1.807) is 0 Å². The number of ketones is 1. The summed E-state index contributed by atoms with van der Waals surface area (Å²) in [5.74, 6) is 3.11. The molecule has 1 aliphatic heterocycles. The normalized spacial score (nSPS) is 48.5. The second kappa shape index (κ2) is 7.30. The number of aliphatic imine (C=N–C) groups is 1. The number of carbonyl (C=O) groups excluding carboxylic acids is 1. The quantitative estimate of drug-likeness (QED) is 0.710. The first-order valence-electron chi connectivity index (χ1n) is 12.0. The van der Waals surface area contributed by atoms with Crippen LogP contribution in [0.5, 0.6) is 0 Å². The summed E-state index contributed by atoms with van der Waals surface area (Å²) in [6.07, 6.45) is 10.2. The number of Topliss-reactive ketones (excluding diaryl/α,β-unsaturated/α-hetero) is 1. The number of ether oxygens (including phenoxy) is 1. The van der Waals surface area contributed by atoms with Crippen molar-refractivity contribution in [3.8, 4) is 0 Å². The smallest absolute Gasteiger partial charge is 0.139 e. The maximum absolute atomic E-state index is 12.6. The molecule has 0 bridgehead atoms. The van der Waals surface area contributed by atoms with Crippen LogP contribution in [0.25, 0.3) is 0 Å². The molecule has 7 unspecified atom stereocenters. The molecule has 1 N–H and O–H groups in total. The highest BCUT2D eigenvalue weighted by atomic mass is 16.5. The third kappa shape index (κ3) is 3.17. The van der Waals surface area contributed by atoms with Gasteiger partial charge in [-0.2, -0.15) is 0 Å². The Kier molecular flexibility index (Phi) is 5.02. The van der Waals surface area contributed by atoms with Gasteiger partial charge in [0.2, 0.25) is 0 Å². The highest BCUT2D eigenvalue weighted by Crippen LogP contribution is 2.66. The minimum absolute atomic E-state index is 0.0433. The van der Waals surface area contributed by atoms with Crippen molar-refractivity contribution in [1.29, 1.82) is 0 Å². The Morgan fingerprint density at radius 1 is 1.14 bits per heavy atom. The van der Waals surface area contributed by atoms with Gasteiger partial charge in [0, 0.05) is 24.1 Å². The lowest BCUT2D eigenvalue weighted by atomic mass is 9.44. The van der Waals surface area contributed by atoms with Crippen LogP contribution in [0.3, 0.4) is 0 Å². The molecule has 5 aliphatic rings. The van der Waals surface area contributed by atoms with Crippen molar-refractivity contribution in [3.63, 3.8) is 0 Å². The van der Waals surface area contributed by atoms with E-state index in [9.17, 15) is 4.79 Å². The number of allylic oxidation sites excluding steroid dienone is 1. The van der Waals surface area contributed by atoms with Crippen LogP contribution in [0.2, 0.25) is 0 Å². The summed E-state index contributed by atoms with van der Waals surface area (Å²) in [5, 5.41) is 3.35. The summed E-state index contributed by atoms with van der Waals surface area (Å²) in [4.78, 5) is 17.5. The molecule has 7 atom stereocenters. The van der Waals surface area contributed by atoms with Gasteiger partial charge in [0.15, 0.2) is 0 Å². The first-order chi connectivity index (χ1) is 13.9. The monoisotopic (exact) mass is 398 g/mol. The minimum atomic E-state index is -0.0433. The van der Waals surface area contributed by atoms with Crippen molar-refractivity contribution in [2.24, 2.45) is 39.5 Å². The lowest BCUT2D eigenvalue weighted by molar-refractivity contribution is -0.134. The van der Waals surface area contributed by atoms with Crippen LogP contribution in [0, 0.1) is 34.5 Å². The van der Waals surface area contributed by atoms with Gasteiger partial charge in [0.05, 0.1) is 6.10 Å². The first-order valence-corrected chi connectivity index (χ1v) is 12.0. The number of rotatable bonds is 3. The lowest BCUT2D eigenvalue weighted by Gasteiger charge is -2.60. The summed E-state index contributed by atoms with van der Waals surface area (Å²) in [5.41, 5.74) is 3.07. The van der Waals surface area contributed by atoms with Gasteiger partial charge >= 0.3 is 0 Å². The number of hydrogen-bond acceptors (Lipinski definition) is 4. The Labute approximate surface area is 175 Å². The Morgan fingerprint density at radius 2 is 2.00 bits per heavy atom.